The van der Waals surface area contributed by atoms with Gasteiger partial charge < -0.3 is 4.84 Å². The molecule has 0 saturated heterocycles. The van der Waals surface area contributed by atoms with Gasteiger partial charge in [0.2, 0.25) is 0 Å². The highest BCUT2D eigenvalue weighted by atomic mass is 35.5. The predicted octanol–water partition coefficient (Wildman–Crippen LogP) is 4.28. The molecule has 4 heterocycles. The summed E-state index contributed by atoms with van der Waals surface area (Å²) in [5.74, 6) is 0.511. The lowest BCUT2D eigenvalue weighted by atomic mass is 10.2. The van der Waals surface area contributed by atoms with Crippen LogP contribution < -0.4 is 0 Å². The highest BCUT2D eigenvalue weighted by Crippen LogP contribution is 2.29. The van der Waals surface area contributed by atoms with Gasteiger partial charge in [-0.05, 0) is 37.6 Å². The van der Waals surface area contributed by atoms with Crippen molar-refractivity contribution in [3.8, 4) is 5.69 Å². The molecule has 0 amide bonds. The van der Waals surface area contributed by atoms with E-state index < -0.39 is 0 Å². The van der Waals surface area contributed by atoms with Gasteiger partial charge in [-0.1, -0.05) is 35.0 Å². The van der Waals surface area contributed by atoms with E-state index >= 15 is 0 Å². The van der Waals surface area contributed by atoms with Crippen LogP contribution in [-0.4, -0.2) is 35.3 Å². The van der Waals surface area contributed by atoms with Gasteiger partial charge in [0.05, 0.1) is 23.5 Å². The highest BCUT2D eigenvalue weighted by molar-refractivity contribution is 6.33. The minimum Gasteiger partial charge on any atom is -0.387 e. The third kappa shape index (κ3) is 3.40. The fourth-order valence-electron chi connectivity index (χ4n) is 3.54. The summed E-state index contributed by atoms with van der Waals surface area (Å²) >= 11 is 6.12. The smallest absolute Gasteiger partial charge is 0.192 e. The van der Waals surface area contributed by atoms with Crippen molar-refractivity contribution >= 4 is 34.5 Å². The molecule has 0 aliphatic carbocycles. The van der Waals surface area contributed by atoms with Crippen molar-refractivity contribution < 1.29 is 4.84 Å². The Kier molecular flexibility index (Phi) is 4.83. The molecule has 0 spiro atoms. The third-order valence-corrected chi connectivity index (χ3v) is 5.49. The summed E-state index contributed by atoms with van der Waals surface area (Å²) in [6, 6.07) is 11.3. The normalized spacial score (nSPS) is 11.7. The molecule has 0 aliphatic rings. The van der Waals surface area contributed by atoms with E-state index in [2.05, 4.69) is 43.6 Å². The molecule has 0 atom stereocenters. The van der Waals surface area contributed by atoms with Crippen molar-refractivity contribution in [3.05, 3.63) is 82.8 Å². The van der Waals surface area contributed by atoms with Crippen LogP contribution in [0.3, 0.4) is 0 Å². The first-order chi connectivity index (χ1) is 15.1. The van der Waals surface area contributed by atoms with Crippen LogP contribution in [-0.2, 0) is 11.4 Å². The summed E-state index contributed by atoms with van der Waals surface area (Å²) in [6.45, 7) is 4.25. The average molecular weight is 432 g/mol. The molecule has 0 unspecified atom stereocenters. The summed E-state index contributed by atoms with van der Waals surface area (Å²) in [5, 5.41) is 10.0. The molecular weight excluding hydrogens is 414 g/mol. The molecule has 0 saturated carbocycles. The zero-order valence-electron chi connectivity index (χ0n) is 16.9. The molecule has 8 nitrogen and oxygen atoms in total. The SMILES string of the molecule is Cc1c(C)n(-c2cccnc2)c2ncn3nc(CON=Cc4ccccc4Cl)nc3c12. The quantitative estimate of drug-likeness (QED) is 0.306. The molecule has 0 radical (unpaired) electrons. The lowest BCUT2D eigenvalue weighted by molar-refractivity contribution is 0.126. The van der Waals surface area contributed by atoms with Gasteiger partial charge in [0.1, 0.15) is 6.33 Å². The fraction of sp³-hybridized carbons (Fsp3) is 0.136. The second kappa shape index (κ2) is 7.81. The topological polar surface area (TPSA) is 82.5 Å². The molecular formula is C22H18ClN7O. The van der Waals surface area contributed by atoms with Gasteiger partial charge in [-0.25, -0.2) is 14.5 Å². The van der Waals surface area contributed by atoms with Crippen LogP contribution in [0.25, 0.3) is 22.4 Å². The zero-order valence-corrected chi connectivity index (χ0v) is 17.7. The van der Waals surface area contributed by atoms with Crippen LogP contribution in [0, 0.1) is 13.8 Å². The molecule has 1 aromatic carbocycles. The lowest BCUT2D eigenvalue weighted by Crippen LogP contribution is -1.99. The van der Waals surface area contributed by atoms with E-state index in [1.165, 1.54) is 0 Å². The number of pyridine rings is 1. The molecule has 5 rings (SSSR count). The third-order valence-electron chi connectivity index (χ3n) is 5.15. The van der Waals surface area contributed by atoms with Gasteiger partial charge in [-0.3, -0.25) is 9.55 Å². The van der Waals surface area contributed by atoms with Gasteiger partial charge >= 0.3 is 0 Å². The molecule has 0 fully saturated rings. The number of benzene rings is 1. The number of aromatic nitrogens is 6. The Bertz CT molecular complexity index is 1420. The van der Waals surface area contributed by atoms with Crippen LogP contribution >= 0.6 is 11.6 Å². The zero-order chi connectivity index (χ0) is 21.4. The number of nitrogens with zero attached hydrogens (tertiary/aromatic N) is 7. The Balaban J connectivity index is 1.47. The molecule has 0 aliphatic heterocycles. The summed E-state index contributed by atoms with van der Waals surface area (Å²) < 4.78 is 3.75. The molecule has 0 bridgehead atoms. The molecule has 5 aromatic rings. The summed E-state index contributed by atoms with van der Waals surface area (Å²) in [6.07, 6.45) is 6.80. The molecule has 4 aromatic heterocycles. The second-order valence-electron chi connectivity index (χ2n) is 7.03. The van der Waals surface area contributed by atoms with Crippen LogP contribution in [0.15, 0.2) is 60.3 Å². The number of hydrogen-bond donors (Lipinski definition) is 0. The standard InChI is InChI=1S/C22H18ClN7O/c1-14-15(2)30(17-7-5-9-24-11-17)21-20(14)22-27-19(28-29(22)13-25-21)12-31-26-10-16-6-3-4-8-18(16)23/h3-11,13H,12H2,1-2H3. The summed E-state index contributed by atoms with van der Waals surface area (Å²) in [7, 11) is 0. The van der Waals surface area contributed by atoms with Crippen molar-refractivity contribution in [3.63, 3.8) is 0 Å². The number of fused-ring (bicyclic) bond motifs is 3. The van der Waals surface area contributed by atoms with Crippen LogP contribution in [0.4, 0.5) is 0 Å². The average Bonchev–Trinajstić information content (AvgIpc) is 3.31. The first kappa shape index (κ1) is 19.2. The van der Waals surface area contributed by atoms with E-state index in [0.29, 0.717) is 10.8 Å². The minimum absolute atomic E-state index is 0.130. The van der Waals surface area contributed by atoms with E-state index in [1.807, 2.05) is 36.5 Å². The van der Waals surface area contributed by atoms with E-state index in [0.717, 1.165) is 39.2 Å². The Morgan fingerprint density at radius 2 is 2.00 bits per heavy atom. The Morgan fingerprint density at radius 1 is 1.13 bits per heavy atom. The van der Waals surface area contributed by atoms with E-state index in [9.17, 15) is 0 Å². The number of rotatable bonds is 5. The van der Waals surface area contributed by atoms with Crippen LogP contribution in [0.1, 0.15) is 22.6 Å². The first-order valence-electron chi connectivity index (χ1n) is 9.65. The van der Waals surface area contributed by atoms with Gasteiger partial charge in [-0.15, -0.1) is 5.10 Å². The number of oxime groups is 1. The number of halogens is 1. The highest BCUT2D eigenvalue weighted by Gasteiger charge is 2.19. The molecule has 31 heavy (non-hydrogen) atoms. The van der Waals surface area contributed by atoms with Crippen LogP contribution in [0.5, 0.6) is 0 Å². The fourth-order valence-corrected chi connectivity index (χ4v) is 3.72. The maximum Gasteiger partial charge on any atom is 0.192 e. The van der Waals surface area contributed by atoms with E-state index in [1.54, 1.807) is 29.3 Å². The maximum atomic E-state index is 6.12. The van der Waals surface area contributed by atoms with Crippen molar-refractivity contribution in [1.29, 1.82) is 0 Å². The molecule has 154 valence electrons. The van der Waals surface area contributed by atoms with Crippen molar-refractivity contribution in [2.45, 2.75) is 20.5 Å². The Labute approximate surface area is 182 Å². The number of hydrogen-bond acceptors (Lipinski definition) is 6. The maximum absolute atomic E-state index is 6.12. The first-order valence-corrected chi connectivity index (χ1v) is 10.0. The van der Waals surface area contributed by atoms with E-state index in [-0.39, 0.29) is 6.61 Å². The van der Waals surface area contributed by atoms with Gasteiger partial charge in [-0.2, -0.15) is 0 Å². The monoisotopic (exact) mass is 431 g/mol. The van der Waals surface area contributed by atoms with E-state index in [4.69, 9.17) is 16.4 Å². The Morgan fingerprint density at radius 3 is 2.81 bits per heavy atom. The lowest BCUT2D eigenvalue weighted by Gasteiger charge is -2.06. The van der Waals surface area contributed by atoms with Gasteiger partial charge in [0, 0.05) is 22.5 Å². The van der Waals surface area contributed by atoms with Crippen molar-refractivity contribution in [2.75, 3.05) is 0 Å². The van der Waals surface area contributed by atoms with Gasteiger partial charge in [0.15, 0.2) is 23.7 Å². The largest absolute Gasteiger partial charge is 0.387 e. The molecule has 0 N–H and O–H groups in total. The second-order valence-corrected chi connectivity index (χ2v) is 7.43. The summed E-state index contributed by atoms with van der Waals surface area (Å²) in [5.41, 5.74) is 5.43. The van der Waals surface area contributed by atoms with Crippen molar-refractivity contribution in [2.24, 2.45) is 5.16 Å². The van der Waals surface area contributed by atoms with Crippen LogP contribution in [0.2, 0.25) is 5.02 Å². The molecule has 9 heteroatoms. The van der Waals surface area contributed by atoms with Crippen molar-refractivity contribution in [1.82, 2.24) is 29.1 Å². The minimum atomic E-state index is 0.130. The summed E-state index contributed by atoms with van der Waals surface area (Å²) in [4.78, 5) is 18.9. The van der Waals surface area contributed by atoms with Gasteiger partial charge in [0.25, 0.3) is 0 Å². The Hall–Kier alpha value is -3.78. The number of aryl methyl sites for hydroxylation is 1. The predicted molar refractivity (Wildman–Crippen MR) is 119 cm³/mol.